The largest absolute Gasteiger partial charge is 0.475 e. The number of ether oxygens (including phenoxy) is 1. The summed E-state index contributed by atoms with van der Waals surface area (Å²) in [6.45, 7) is 11.4. The summed E-state index contributed by atoms with van der Waals surface area (Å²) in [5.74, 6) is -0.185. The summed E-state index contributed by atoms with van der Waals surface area (Å²) in [6.07, 6.45) is 2.02. The average Bonchev–Trinajstić information content (AvgIpc) is 3.18. The van der Waals surface area contributed by atoms with Gasteiger partial charge in [0.15, 0.2) is 0 Å². The van der Waals surface area contributed by atoms with Gasteiger partial charge in [0.05, 0.1) is 12.1 Å². The zero-order valence-corrected chi connectivity index (χ0v) is 17.4. The number of rotatable bonds is 2. The number of furan rings is 1. The van der Waals surface area contributed by atoms with E-state index in [0.29, 0.717) is 5.76 Å². The van der Waals surface area contributed by atoms with Crippen LogP contribution in [0.1, 0.15) is 87.0 Å². The quantitative estimate of drug-likeness (QED) is 0.670. The Morgan fingerprint density at radius 2 is 1.93 bits per heavy atom. The number of benzene rings is 1. The van der Waals surface area contributed by atoms with E-state index in [-0.39, 0.29) is 29.2 Å². The third kappa shape index (κ3) is 3.81. The lowest BCUT2D eigenvalue weighted by Crippen LogP contribution is -2.36. The van der Waals surface area contributed by atoms with Gasteiger partial charge in [-0.25, -0.2) is 4.79 Å². The van der Waals surface area contributed by atoms with Gasteiger partial charge in [-0.05, 0) is 42.0 Å². The monoisotopic (exact) mass is 385 g/mol. The van der Waals surface area contributed by atoms with Gasteiger partial charge in [0, 0.05) is 23.8 Å². The summed E-state index contributed by atoms with van der Waals surface area (Å²) in [4.78, 5) is 11.2. The van der Waals surface area contributed by atoms with Crippen LogP contribution in [0.3, 0.4) is 0 Å². The first-order valence-corrected chi connectivity index (χ1v) is 10.2. The lowest BCUT2D eigenvalue weighted by atomic mass is 9.77. The van der Waals surface area contributed by atoms with Crippen LogP contribution in [0.15, 0.2) is 34.7 Å². The predicted octanol–water partition coefficient (Wildman–Crippen LogP) is 5.94. The summed E-state index contributed by atoms with van der Waals surface area (Å²) < 4.78 is 11.8. The van der Waals surface area contributed by atoms with E-state index in [9.17, 15) is 4.79 Å². The molecule has 3 heterocycles. The minimum atomic E-state index is -1.04. The van der Waals surface area contributed by atoms with E-state index in [1.165, 1.54) is 17.2 Å². The van der Waals surface area contributed by atoms with Crippen LogP contribution in [-0.2, 0) is 10.2 Å². The van der Waals surface area contributed by atoms with Gasteiger partial charge in [-0.3, -0.25) is 0 Å². The Bertz CT molecular complexity index is 833. The Hall–Kier alpha value is -2.27. The summed E-state index contributed by atoms with van der Waals surface area (Å²) in [7, 11) is 0. The standard InChI is InChI=1S/C21H25NO4.C2H6/c1-21(2,3)12-6-7-15-14(11-12)19-13(5-4-10-25-19)18(22-15)16-8-9-17(26-16)20(23)24;1-2/h6-9,11,13,18-19,22H,4-5,10H2,1-3H3,(H,23,24);1-2H3. The maximum Gasteiger partial charge on any atom is 0.371 e. The van der Waals surface area contributed by atoms with Crippen LogP contribution in [0, 0.1) is 5.92 Å². The van der Waals surface area contributed by atoms with Crippen molar-refractivity contribution < 1.29 is 19.1 Å². The van der Waals surface area contributed by atoms with Gasteiger partial charge in [-0.1, -0.05) is 46.8 Å². The number of fused-ring (bicyclic) bond motifs is 3. The van der Waals surface area contributed by atoms with Crippen molar-refractivity contribution in [2.75, 3.05) is 11.9 Å². The van der Waals surface area contributed by atoms with Crippen molar-refractivity contribution in [3.05, 3.63) is 53.0 Å². The molecule has 2 aliphatic rings. The van der Waals surface area contributed by atoms with E-state index < -0.39 is 5.97 Å². The Morgan fingerprint density at radius 3 is 2.57 bits per heavy atom. The van der Waals surface area contributed by atoms with Gasteiger partial charge in [-0.15, -0.1) is 0 Å². The molecule has 1 fully saturated rings. The second-order valence-electron chi connectivity index (χ2n) is 8.28. The van der Waals surface area contributed by atoms with E-state index in [1.54, 1.807) is 6.07 Å². The highest BCUT2D eigenvalue weighted by atomic mass is 16.5. The second-order valence-corrected chi connectivity index (χ2v) is 8.28. The second kappa shape index (κ2) is 8.00. The summed E-state index contributed by atoms with van der Waals surface area (Å²) in [5.41, 5.74) is 3.60. The van der Waals surface area contributed by atoms with Crippen molar-refractivity contribution in [3.8, 4) is 0 Å². The van der Waals surface area contributed by atoms with Crippen LogP contribution in [0.25, 0.3) is 0 Å². The highest BCUT2D eigenvalue weighted by molar-refractivity contribution is 5.84. The maximum atomic E-state index is 11.2. The van der Waals surface area contributed by atoms with Crippen LogP contribution in [0.2, 0.25) is 0 Å². The van der Waals surface area contributed by atoms with Crippen molar-refractivity contribution >= 4 is 11.7 Å². The molecular weight excluding hydrogens is 354 g/mol. The zero-order valence-electron chi connectivity index (χ0n) is 17.4. The highest BCUT2D eigenvalue weighted by Gasteiger charge is 2.41. The summed E-state index contributed by atoms with van der Waals surface area (Å²) >= 11 is 0. The molecule has 0 radical (unpaired) electrons. The molecule has 2 aromatic rings. The summed E-state index contributed by atoms with van der Waals surface area (Å²) in [6, 6.07) is 9.72. The Labute approximate surface area is 167 Å². The molecule has 5 heteroatoms. The van der Waals surface area contributed by atoms with Crippen LogP contribution < -0.4 is 5.32 Å². The molecule has 0 spiro atoms. The maximum absolute atomic E-state index is 11.2. The van der Waals surface area contributed by atoms with Crippen LogP contribution in [0.5, 0.6) is 0 Å². The molecule has 2 aliphatic heterocycles. The lowest BCUT2D eigenvalue weighted by molar-refractivity contribution is -0.0402. The normalized spacial score (nSPS) is 23.5. The third-order valence-corrected chi connectivity index (χ3v) is 5.48. The van der Waals surface area contributed by atoms with Gasteiger partial charge in [0.2, 0.25) is 5.76 Å². The molecule has 28 heavy (non-hydrogen) atoms. The van der Waals surface area contributed by atoms with Gasteiger partial charge in [-0.2, -0.15) is 0 Å². The van der Waals surface area contributed by atoms with Crippen molar-refractivity contribution in [2.24, 2.45) is 5.92 Å². The zero-order chi connectivity index (χ0) is 20.5. The van der Waals surface area contributed by atoms with Crippen LogP contribution in [0.4, 0.5) is 5.69 Å². The molecule has 5 nitrogen and oxygen atoms in total. The Kier molecular flexibility index (Phi) is 5.84. The number of anilines is 1. The molecule has 3 unspecified atom stereocenters. The number of nitrogens with one attached hydrogen (secondary N) is 1. The molecule has 1 aromatic heterocycles. The number of hydrogen-bond donors (Lipinski definition) is 2. The fourth-order valence-corrected chi connectivity index (χ4v) is 4.05. The summed E-state index contributed by atoms with van der Waals surface area (Å²) in [5, 5.41) is 12.7. The Balaban J connectivity index is 0.00000109. The first kappa shape index (κ1) is 20.5. The van der Waals surface area contributed by atoms with Crippen molar-refractivity contribution in [3.63, 3.8) is 0 Å². The van der Waals surface area contributed by atoms with Crippen LogP contribution in [-0.4, -0.2) is 17.7 Å². The van der Waals surface area contributed by atoms with E-state index in [0.717, 1.165) is 25.1 Å². The lowest BCUT2D eigenvalue weighted by Gasteiger charge is -2.42. The SMILES string of the molecule is CC.CC(C)(C)c1ccc2c(c1)C1OCCCC1C(c1ccc(C(=O)O)o1)N2. The average molecular weight is 386 g/mol. The molecular formula is C23H31NO4. The number of hydrogen-bond acceptors (Lipinski definition) is 4. The molecule has 2 N–H and O–H groups in total. The number of carboxylic acid groups (broad SMARTS) is 1. The highest BCUT2D eigenvalue weighted by Crippen LogP contribution is 2.50. The van der Waals surface area contributed by atoms with Crippen molar-refractivity contribution in [1.29, 1.82) is 0 Å². The molecule has 1 saturated heterocycles. The molecule has 4 rings (SSSR count). The first-order valence-electron chi connectivity index (χ1n) is 10.2. The smallest absolute Gasteiger partial charge is 0.371 e. The minimum absolute atomic E-state index is 0.00526. The molecule has 1 aromatic carbocycles. The molecule has 0 bridgehead atoms. The third-order valence-electron chi connectivity index (χ3n) is 5.48. The van der Waals surface area contributed by atoms with E-state index in [1.807, 2.05) is 13.8 Å². The van der Waals surface area contributed by atoms with E-state index in [4.69, 9.17) is 14.3 Å². The van der Waals surface area contributed by atoms with Gasteiger partial charge in [0.1, 0.15) is 5.76 Å². The van der Waals surface area contributed by atoms with E-state index in [2.05, 4.69) is 44.3 Å². The van der Waals surface area contributed by atoms with Crippen molar-refractivity contribution in [2.45, 2.75) is 65.0 Å². The fourth-order valence-electron chi connectivity index (χ4n) is 4.05. The molecule has 152 valence electrons. The van der Waals surface area contributed by atoms with Gasteiger partial charge < -0.3 is 19.6 Å². The number of aromatic carboxylic acids is 1. The molecule has 0 amide bonds. The number of carbonyl (C=O) groups is 1. The minimum Gasteiger partial charge on any atom is -0.475 e. The topological polar surface area (TPSA) is 71.7 Å². The van der Waals surface area contributed by atoms with Gasteiger partial charge >= 0.3 is 5.97 Å². The van der Waals surface area contributed by atoms with Crippen molar-refractivity contribution in [1.82, 2.24) is 0 Å². The molecule has 0 aliphatic carbocycles. The van der Waals surface area contributed by atoms with Gasteiger partial charge in [0.25, 0.3) is 0 Å². The number of carboxylic acids is 1. The predicted molar refractivity (Wildman–Crippen MR) is 110 cm³/mol. The molecule has 0 saturated carbocycles. The Morgan fingerprint density at radius 1 is 1.18 bits per heavy atom. The fraction of sp³-hybridized carbons (Fsp3) is 0.522. The van der Waals surface area contributed by atoms with Crippen LogP contribution >= 0.6 is 0 Å². The first-order chi connectivity index (χ1) is 13.3. The molecule has 3 atom stereocenters. The van der Waals surface area contributed by atoms with E-state index >= 15 is 0 Å².